The van der Waals surface area contributed by atoms with Gasteiger partial charge in [-0.05, 0) is 113 Å². The van der Waals surface area contributed by atoms with Crippen LogP contribution in [0.4, 0.5) is 23.4 Å². The Labute approximate surface area is 279 Å². The number of nitrogens with zero attached hydrogens (tertiary/aromatic N) is 2. The highest BCUT2D eigenvalue weighted by atomic mass is 19.3. The average molecular weight is 658 g/mol. The molecule has 1 N–H and O–H groups in total. The number of halogens is 4. The van der Waals surface area contributed by atoms with E-state index in [0.29, 0.717) is 49.2 Å². The van der Waals surface area contributed by atoms with Gasteiger partial charge < -0.3 is 10.1 Å². The van der Waals surface area contributed by atoms with Crippen molar-refractivity contribution in [1.29, 1.82) is 0 Å². The fourth-order valence-corrected chi connectivity index (χ4v) is 7.60. The molecular formula is C39H55F4N3O. The molecule has 260 valence electrons. The predicted molar refractivity (Wildman–Crippen MR) is 184 cm³/mol. The summed E-state index contributed by atoms with van der Waals surface area (Å²) in [5.74, 6) is -0.414. The Morgan fingerprint density at radius 3 is 2.36 bits per heavy atom. The molecule has 0 amide bonds. The van der Waals surface area contributed by atoms with Crippen molar-refractivity contribution in [3.63, 3.8) is 0 Å². The SMILES string of the molecule is CC\C(C)=c1/nc(C)nc(N[C@H](C)c2cccc(C(C)(F)F)c2F)/c1=C/C(CCC1C[C@@H](F)C(C2CC[C@@H]2C)CCC1C)=C(\C)OC. The molecule has 47 heavy (non-hydrogen) atoms. The number of benzene rings is 1. The molecule has 2 aliphatic carbocycles. The van der Waals surface area contributed by atoms with E-state index in [9.17, 15) is 8.78 Å². The highest BCUT2D eigenvalue weighted by Crippen LogP contribution is 2.47. The lowest BCUT2D eigenvalue weighted by Gasteiger charge is -2.41. The topological polar surface area (TPSA) is 47.0 Å². The molecule has 4 unspecified atom stereocenters. The zero-order chi connectivity index (χ0) is 34.6. The molecule has 0 aliphatic heterocycles. The fraction of sp³-hybridized carbons (Fsp3) is 0.641. The first-order chi connectivity index (χ1) is 22.2. The van der Waals surface area contributed by atoms with E-state index in [-0.39, 0.29) is 17.4 Å². The van der Waals surface area contributed by atoms with E-state index in [2.05, 4.69) is 26.1 Å². The molecule has 7 atom stereocenters. The molecule has 4 nitrogen and oxygen atoms in total. The van der Waals surface area contributed by atoms with Crippen molar-refractivity contribution in [2.45, 2.75) is 125 Å². The van der Waals surface area contributed by atoms with Crippen LogP contribution in [0.5, 0.6) is 0 Å². The summed E-state index contributed by atoms with van der Waals surface area (Å²) in [4.78, 5) is 9.54. The third-order valence-electron chi connectivity index (χ3n) is 11.2. The minimum absolute atomic E-state index is 0.130. The zero-order valence-corrected chi connectivity index (χ0v) is 29.8. The molecule has 0 bridgehead atoms. The number of hydrogen-bond donors (Lipinski definition) is 1. The second kappa shape index (κ2) is 15.5. The first kappa shape index (κ1) is 36.9. The second-order valence-corrected chi connectivity index (χ2v) is 14.4. The molecule has 2 aliphatic rings. The Bertz CT molecular complexity index is 1550. The first-order valence-electron chi connectivity index (χ1n) is 17.5. The van der Waals surface area contributed by atoms with Crippen molar-refractivity contribution >= 4 is 17.5 Å². The normalized spacial score (nSPS) is 27.4. The van der Waals surface area contributed by atoms with Crippen molar-refractivity contribution in [1.82, 2.24) is 9.97 Å². The second-order valence-electron chi connectivity index (χ2n) is 14.4. The molecule has 1 aromatic carbocycles. The lowest BCUT2D eigenvalue weighted by atomic mass is 9.65. The van der Waals surface area contributed by atoms with Gasteiger partial charge in [0, 0.05) is 17.7 Å². The summed E-state index contributed by atoms with van der Waals surface area (Å²) in [5.41, 5.74) is 1.52. The van der Waals surface area contributed by atoms with Gasteiger partial charge in [-0.1, -0.05) is 51.8 Å². The molecule has 2 aromatic rings. The van der Waals surface area contributed by atoms with Gasteiger partial charge in [-0.15, -0.1) is 0 Å². The highest BCUT2D eigenvalue weighted by Gasteiger charge is 2.41. The van der Waals surface area contributed by atoms with Crippen LogP contribution in [-0.4, -0.2) is 23.2 Å². The van der Waals surface area contributed by atoms with Gasteiger partial charge in [-0.2, -0.15) is 0 Å². The van der Waals surface area contributed by atoms with E-state index in [0.717, 1.165) is 65.6 Å². The molecule has 2 saturated carbocycles. The van der Waals surface area contributed by atoms with Gasteiger partial charge in [0.05, 0.1) is 29.8 Å². The van der Waals surface area contributed by atoms with Gasteiger partial charge in [0.25, 0.3) is 5.92 Å². The summed E-state index contributed by atoms with van der Waals surface area (Å²) < 4.78 is 65.3. The van der Waals surface area contributed by atoms with E-state index in [4.69, 9.17) is 14.7 Å². The molecule has 8 heteroatoms. The van der Waals surface area contributed by atoms with Crippen LogP contribution in [0.2, 0.25) is 0 Å². The highest BCUT2D eigenvalue weighted by molar-refractivity contribution is 5.57. The quantitative estimate of drug-likeness (QED) is 0.149. The molecule has 2 fully saturated rings. The number of allylic oxidation sites excluding steroid dienone is 2. The maximum absolute atomic E-state index is 15.8. The van der Waals surface area contributed by atoms with Crippen LogP contribution < -0.4 is 15.9 Å². The van der Waals surface area contributed by atoms with Gasteiger partial charge in [-0.3, -0.25) is 0 Å². The minimum Gasteiger partial charge on any atom is -0.501 e. The standard InChI is InChI=1S/C39H55F4N3O/c1-10-22(2)37-33(38(46-27(7)45-37)44-25(5)31-12-11-13-34(36(31)41)39(8,42)43)20-29(26(6)47-9)17-16-28-21-35(40)32(19-14-23(28)3)30-18-15-24(30)4/h11-13,20,23-25,28,30,32,35H,10,14-19,21H2,1-9H3,(H,44,45,46)/b29-26+,33-20+,37-22-/t23?,24-,25+,28?,30?,32?,35+/m0/s1. The maximum atomic E-state index is 15.8. The average Bonchev–Trinajstić information content (AvgIpc) is 3.15. The molecule has 4 rings (SSSR count). The number of ether oxygens (including phenoxy) is 1. The van der Waals surface area contributed by atoms with Gasteiger partial charge in [0.1, 0.15) is 23.6 Å². The third-order valence-corrected chi connectivity index (χ3v) is 11.2. The van der Waals surface area contributed by atoms with Crippen molar-refractivity contribution in [2.75, 3.05) is 12.4 Å². The number of aryl methyl sites for hydroxylation is 1. The van der Waals surface area contributed by atoms with Crippen LogP contribution in [0.25, 0.3) is 11.6 Å². The number of rotatable bonds is 11. The number of nitrogens with one attached hydrogen (secondary N) is 1. The lowest BCUT2D eigenvalue weighted by Crippen LogP contribution is -2.36. The number of hydrogen-bond acceptors (Lipinski definition) is 4. The van der Waals surface area contributed by atoms with Crippen LogP contribution in [0, 0.1) is 42.3 Å². The summed E-state index contributed by atoms with van der Waals surface area (Å²) in [6.45, 7) is 14.8. The Kier molecular flexibility index (Phi) is 12.2. The molecule has 1 aromatic heterocycles. The molecule has 0 spiro atoms. The maximum Gasteiger partial charge on any atom is 0.273 e. The third kappa shape index (κ3) is 8.58. The number of aromatic nitrogens is 2. The lowest BCUT2D eigenvalue weighted by molar-refractivity contribution is 0.0136. The van der Waals surface area contributed by atoms with E-state index < -0.39 is 29.5 Å². The van der Waals surface area contributed by atoms with Gasteiger partial charge >= 0.3 is 0 Å². The molecular weight excluding hydrogens is 602 g/mol. The van der Waals surface area contributed by atoms with Crippen molar-refractivity contribution in [3.8, 4) is 0 Å². The van der Waals surface area contributed by atoms with Gasteiger partial charge in [-0.25, -0.2) is 27.5 Å². The van der Waals surface area contributed by atoms with Crippen LogP contribution >= 0.6 is 0 Å². The summed E-state index contributed by atoms with van der Waals surface area (Å²) in [5, 5.41) is 4.84. The Morgan fingerprint density at radius 1 is 1.09 bits per heavy atom. The first-order valence-corrected chi connectivity index (χ1v) is 17.5. The van der Waals surface area contributed by atoms with Crippen LogP contribution in [0.15, 0.2) is 29.5 Å². The summed E-state index contributed by atoms with van der Waals surface area (Å²) in [6.07, 6.45) is 8.58. The minimum atomic E-state index is -3.31. The number of alkyl halides is 3. The Hall–Kier alpha value is -2.90. The summed E-state index contributed by atoms with van der Waals surface area (Å²) in [7, 11) is 1.65. The fourth-order valence-electron chi connectivity index (χ4n) is 7.60. The Balaban J connectivity index is 1.71. The summed E-state index contributed by atoms with van der Waals surface area (Å²) in [6, 6.07) is 3.43. The monoisotopic (exact) mass is 657 g/mol. The predicted octanol–water partition coefficient (Wildman–Crippen LogP) is 9.71. The molecule has 0 radical (unpaired) electrons. The molecule has 0 saturated heterocycles. The largest absolute Gasteiger partial charge is 0.501 e. The van der Waals surface area contributed by atoms with Crippen LogP contribution in [-0.2, 0) is 10.7 Å². The van der Waals surface area contributed by atoms with E-state index in [1.807, 2.05) is 19.9 Å². The Morgan fingerprint density at radius 2 is 1.77 bits per heavy atom. The molecule has 1 heterocycles. The van der Waals surface area contributed by atoms with Crippen molar-refractivity contribution in [3.05, 3.63) is 62.9 Å². The number of methoxy groups -OCH3 is 1. The smallest absolute Gasteiger partial charge is 0.273 e. The van der Waals surface area contributed by atoms with Crippen LogP contribution in [0.1, 0.15) is 123 Å². The van der Waals surface area contributed by atoms with Crippen molar-refractivity contribution < 1.29 is 22.3 Å². The van der Waals surface area contributed by atoms with E-state index >= 15 is 8.78 Å². The van der Waals surface area contributed by atoms with Crippen molar-refractivity contribution in [2.24, 2.45) is 29.6 Å². The van der Waals surface area contributed by atoms with Gasteiger partial charge in [0.2, 0.25) is 0 Å². The van der Waals surface area contributed by atoms with E-state index in [1.54, 1.807) is 21.0 Å². The van der Waals surface area contributed by atoms with E-state index in [1.165, 1.54) is 18.6 Å². The number of anilines is 1. The van der Waals surface area contributed by atoms with Crippen LogP contribution in [0.3, 0.4) is 0 Å². The van der Waals surface area contributed by atoms with Gasteiger partial charge in [0.15, 0.2) is 0 Å². The zero-order valence-electron chi connectivity index (χ0n) is 29.8. The summed E-state index contributed by atoms with van der Waals surface area (Å²) >= 11 is 0.